The van der Waals surface area contributed by atoms with Crippen molar-refractivity contribution in [2.45, 2.75) is 6.04 Å². The second-order valence-corrected chi connectivity index (χ2v) is 3.23. The molecular formula is C10H12N2O2. The Morgan fingerprint density at radius 2 is 2.14 bits per heavy atom. The van der Waals surface area contributed by atoms with Crippen LogP contribution in [0.5, 0.6) is 5.75 Å². The van der Waals surface area contributed by atoms with Crippen molar-refractivity contribution in [2.24, 2.45) is 5.73 Å². The summed E-state index contributed by atoms with van der Waals surface area (Å²) in [6, 6.07) is 4.79. The molecule has 0 spiro atoms. The molecule has 1 aromatic carbocycles. The predicted molar refractivity (Wildman–Crippen MR) is 54.0 cm³/mol. The van der Waals surface area contributed by atoms with Gasteiger partial charge >= 0.3 is 0 Å². The molecule has 0 radical (unpaired) electrons. The van der Waals surface area contributed by atoms with Crippen LogP contribution in [0.1, 0.15) is 11.6 Å². The molecule has 2 rings (SSSR count). The number of aliphatic hydroxyl groups excluding tert-OH is 1. The average Bonchev–Trinajstić information content (AvgIpc) is 2.66. The van der Waals surface area contributed by atoms with E-state index in [2.05, 4.69) is 4.98 Å². The molecule has 0 aliphatic rings. The number of aromatic amines is 1. The Labute approximate surface area is 81.0 Å². The molecule has 0 saturated carbocycles. The monoisotopic (exact) mass is 192 g/mol. The lowest BCUT2D eigenvalue weighted by molar-refractivity contribution is 0.265. The van der Waals surface area contributed by atoms with Gasteiger partial charge in [0.05, 0.1) is 12.6 Å². The molecule has 74 valence electrons. The largest absolute Gasteiger partial charge is 0.507 e. The Morgan fingerprint density at radius 1 is 1.36 bits per heavy atom. The number of aromatic nitrogens is 1. The van der Waals surface area contributed by atoms with Crippen molar-refractivity contribution in [3.63, 3.8) is 0 Å². The number of benzene rings is 1. The van der Waals surface area contributed by atoms with Crippen LogP contribution in [-0.2, 0) is 0 Å². The van der Waals surface area contributed by atoms with Crippen LogP contribution >= 0.6 is 0 Å². The summed E-state index contributed by atoms with van der Waals surface area (Å²) in [7, 11) is 0. The van der Waals surface area contributed by atoms with Crippen molar-refractivity contribution < 1.29 is 10.2 Å². The van der Waals surface area contributed by atoms with Crippen molar-refractivity contribution in [1.29, 1.82) is 0 Å². The summed E-state index contributed by atoms with van der Waals surface area (Å²) in [5.41, 5.74) is 7.06. The maximum absolute atomic E-state index is 9.83. The summed E-state index contributed by atoms with van der Waals surface area (Å²) in [5.74, 6) is 0.144. The number of H-pyrrole nitrogens is 1. The van der Waals surface area contributed by atoms with Gasteiger partial charge in [-0.05, 0) is 12.1 Å². The highest BCUT2D eigenvalue weighted by atomic mass is 16.3. The van der Waals surface area contributed by atoms with E-state index in [0.29, 0.717) is 5.56 Å². The minimum absolute atomic E-state index is 0.144. The molecule has 0 fully saturated rings. The minimum atomic E-state index is -0.533. The molecule has 5 N–H and O–H groups in total. The highest BCUT2D eigenvalue weighted by molar-refractivity contribution is 5.87. The van der Waals surface area contributed by atoms with E-state index >= 15 is 0 Å². The first-order valence-electron chi connectivity index (χ1n) is 4.39. The number of hydrogen-bond acceptors (Lipinski definition) is 3. The van der Waals surface area contributed by atoms with E-state index in [1.807, 2.05) is 6.07 Å². The lowest BCUT2D eigenvalue weighted by atomic mass is 10.0. The summed E-state index contributed by atoms with van der Waals surface area (Å²) in [6.07, 6.45) is 1.75. The van der Waals surface area contributed by atoms with Gasteiger partial charge in [0.1, 0.15) is 5.75 Å². The molecule has 2 aromatic rings. The Hall–Kier alpha value is -1.52. The van der Waals surface area contributed by atoms with Crippen molar-refractivity contribution in [2.75, 3.05) is 6.61 Å². The third-order valence-corrected chi connectivity index (χ3v) is 2.33. The molecule has 14 heavy (non-hydrogen) atoms. The van der Waals surface area contributed by atoms with E-state index in [1.165, 1.54) is 0 Å². The summed E-state index contributed by atoms with van der Waals surface area (Å²) < 4.78 is 0. The smallest absolute Gasteiger partial charge is 0.129 e. The van der Waals surface area contributed by atoms with Gasteiger partial charge in [-0.25, -0.2) is 0 Å². The average molecular weight is 192 g/mol. The summed E-state index contributed by atoms with van der Waals surface area (Å²) in [5, 5.41) is 19.4. The lowest BCUT2D eigenvalue weighted by Gasteiger charge is -2.10. The van der Waals surface area contributed by atoms with Crippen LogP contribution in [0.15, 0.2) is 24.4 Å². The van der Waals surface area contributed by atoms with Crippen LogP contribution in [0, 0.1) is 0 Å². The van der Waals surface area contributed by atoms with Crippen molar-refractivity contribution in [3.8, 4) is 5.75 Å². The highest BCUT2D eigenvalue weighted by Crippen LogP contribution is 2.30. The third kappa shape index (κ3) is 1.25. The fourth-order valence-corrected chi connectivity index (χ4v) is 1.53. The number of rotatable bonds is 2. The third-order valence-electron chi connectivity index (χ3n) is 2.33. The number of aromatic hydroxyl groups is 1. The number of aliphatic hydroxyl groups is 1. The van der Waals surface area contributed by atoms with Gasteiger partial charge in [-0.3, -0.25) is 0 Å². The first kappa shape index (κ1) is 9.05. The molecule has 1 heterocycles. The summed E-state index contributed by atoms with van der Waals surface area (Å²) in [4.78, 5) is 2.98. The molecule has 0 saturated heterocycles. The van der Waals surface area contributed by atoms with Gasteiger partial charge in [-0.1, -0.05) is 6.07 Å². The maximum Gasteiger partial charge on any atom is 0.129 e. The van der Waals surface area contributed by atoms with Crippen molar-refractivity contribution in [1.82, 2.24) is 4.98 Å². The van der Waals surface area contributed by atoms with E-state index in [-0.39, 0.29) is 12.4 Å². The number of nitrogens with one attached hydrogen (secondary N) is 1. The molecular weight excluding hydrogens is 180 g/mol. The fraction of sp³-hybridized carbons (Fsp3) is 0.200. The van der Waals surface area contributed by atoms with Gasteiger partial charge < -0.3 is 20.9 Å². The highest BCUT2D eigenvalue weighted by Gasteiger charge is 2.12. The lowest BCUT2D eigenvalue weighted by Crippen LogP contribution is -2.14. The zero-order chi connectivity index (χ0) is 10.1. The van der Waals surface area contributed by atoms with Gasteiger partial charge in [0, 0.05) is 22.7 Å². The quantitative estimate of drug-likeness (QED) is 0.569. The molecule has 1 aromatic heterocycles. The number of fused-ring (bicyclic) bond motifs is 1. The maximum atomic E-state index is 9.83. The van der Waals surface area contributed by atoms with E-state index in [0.717, 1.165) is 10.9 Å². The standard InChI is InChI=1S/C10H12N2O2/c11-8(5-13)6-1-2-9-7(10(6)14)3-4-12-9/h1-4,8,12-14H,5,11H2. The Kier molecular flexibility index (Phi) is 2.15. The normalized spacial score (nSPS) is 13.3. The SMILES string of the molecule is NC(CO)c1ccc2[nH]ccc2c1O. The zero-order valence-corrected chi connectivity index (χ0v) is 7.57. The van der Waals surface area contributed by atoms with Crippen LogP contribution in [0.4, 0.5) is 0 Å². The second kappa shape index (κ2) is 3.32. The Balaban J connectivity index is 2.61. The fourth-order valence-electron chi connectivity index (χ4n) is 1.53. The van der Waals surface area contributed by atoms with Gasteiger partial charge in [0.2, 0.25) is 0 Å². The Morgan fingerprint density at radius 3 is 2.86 bits per heavy atom. The molecule has 4 nitrogen and oxygen atoms in total. The van der Waals surface area contributed by atoms with Crippen LogP contribution < -0.4 is 5.73 Å². The van der Waals surface area contributed by atoms with Crippen LogP contribution in [0.2, 0.25) is 0 Å². The molecule has 0 amide bonds. The zero-order valence-electron chi connectivity index (χ0n) is 7.57. The van der Waals surface area contributed by atoms with Crippen molar-refractivity contribution in [3.05, 3.63) is 30.0 Å². The van der Waals surface area contributed by atoms with Crippen LogP contribution in [0.3, 0.4) is 0 Å². The number of phenols is 1. The van der Waals surface area contributed by atoms with E-state index in [4.69, 9.17) is 10.8 Å². The molecule has 0 aliphatic carbocycles. The van der Waals surface area contributed by atoms with Crippen molar-refractivity contribution >= 4 is 10.9 Å². The summed E-state index contributed by atoms with van der Waals surface area (Å²) in [6.45, 7) is -0.177. The van der Waals surface area contributed by atoms with E-state index in [9.17, 15) is 5.11 Å². The topological polar surface area (TPSA) is 82.3 Å². The Bertz CT molecular complexity index is 450. The van der Waals surface area contributed by atoms with Gasteiger partial charge in [0.15, 0.2) is 0 Å². The first-order valence-corrected chi connectivity index (χ1v) is 4.39. The van der Waals surface area contributed by atoms with Gasteiger partial charge in [0.25, 0.3) is 0 Å². The second-order valence-electron chi connectivity index (χ2n) is 3.23. The first-order chi connectivity index (χ1) is 6.74. The molecule has 4 heteroatoms. The van der Waals surface area contributed by atoms with Crippen LogP contribution in [0.25, 0.3) is 10.9 Å². The molecule has 1 atom stereocenters. The van der Waals surface area contributed by atoms with Gasteiger partial charge in [-0.2, -0.15) is 0 Å². The number of nitrogens with two attached hydrogens (primary N) is 1. The molecule has 1 unspecified atom stereocenters. The molecule has 0 aliphatic heterocycles. The van der Waals surface area contributed by atoms with E-state index < -0.39 is 6.04 Å². The van der Waals surface area contributed by atoms with E-state index in [1.54, 1.807) is 18.3 Å². The number of hydrogen-bond donors (Lipinski definition) is 4. The summed E-state index contributed by atoms with van der Waals surface area (Å²) >= 11 is 0. The van der Waals surface area contributed by atoms with Crippen LogP contribution in [-0.4, -0.2) is 21.8 Å². The predicted octanol–water partition coefficient (Wildman–Crippen LogP) is 0.866. The number of phenolic OH excluding ortho intramolecular Hbond substituents is 1. The molecule has 0 bridgehead atoms. The minimum Gasteiger partial charge on any atom is -0.507 e. The van der Waals surface area contributed by atoms with Gasteiger partial charge in [-0.15, -0.1) is 0 Å².